The van der Waals surface area contributed by atoms with Crippen LogP contribution in [0.15, 0.2) is 18.3 Å². The normalized spacial score (nSPS) is 21.1. The quantitative estimate of drug-likeness (QED) is 0.730. The Hall–Kier alpha value is -1.60. The topological polar surface area (TPSA) is 52.0 Å². The molecular formula is C11H14N4. The predicted molar refractivity (Wildman–Crippen MR) is 58.6 cm³/mol. The molecule has 0 amide bonds. The van der Waals surface area contributed by atoms with E-state index in [4.69, 9.17) is 5.26 Å². The van der Waals surface area contributed by atoms with Crippen molar-refractivity contribution in [3.8, 4) is 6.07 Å². The van der Waals surface area contributed by atoms with Gasteiger partial charge in [0.15, 0.2) is 5.69 Å². The summed E-state index contributed by atoms with van der Waals surface area (Å²) in [6.07, 6.45) is 1.66. The van der Waals surface area contributed by atoms with Crippen LogP contribution in [0.25, 0.3) is 0 Å². The Morgan fingerprint density at radius 1 is 1.67 bits per heavy atom. The minimum atomic E-state index is 0.463. The van der Waals surface area contributed by atoms with Crippen LogP contribution in [0.2, 0.25) is 0 Å². The summed E-state index contributed by atoms with van der Waals surface area (Å²) in [4.78, 5) is 6.29. The summed E-state index contributed by atoms with van der Waals surface area (Å²) < 4.78 is 0. The molecule has 0 bridgehead atoms. The van der Waals surface area contributed by atoms with Crippen molar-refractivity contribution in [1.29, 1.82) is 5.26 Å². The number of nitriles is 1. The van der Waals surface area contributed by atoms with Crippen LogP contribution in [0, 0.1) is 11.3 Å². The molecule has 1 aromatic rings. The molecule has 15 heavy (non-hydrogen) atoms. The fourth-order valence-electron chi connectivity index (χ4n) is 1.89. The zero-order chi connectivity index (χ0) is 10.7. The smallest absolute Gasteiger partial charge is 0.163 e. The standard InChI is InChI=1S/C11H14N4/c1-9-8-15(6-5-13-9)11-3-2-4-14-10(11)7-12/h2-4,9,13H,5-6,8H2,1H3/t9-/m0/s1. The van der Waals surface area contributed by atoms with Crippen molar-refractivity contribution in [2.75, 3.05) is 24.5 Å². The van der Waals surface area contributed by atoms with Crippen LogP contribution in [0.3, 0.4) is 0 Å². The van der Waals surface area contributed by atoms with E-state index in [-0.39, 0.29) is 0 Å². The van der Waals surface area contributed by atoms with E-state index >= 15 is 0 Å². The van der Waals surface area contributed by atoms with Crippen LogP contribution in [0.4, 0.5) is 5.69 Å². The fourth-order valence-corrected chi connectivity index (χ4v) is 1.89. The van der Waals surface area contributed by atoms with Gasteiger partial charge in [-0.1, -0.05) is 0 Å². The summed E-state index contributed by atoms with van der Waals surface area (Å²) in [6.45, 7) is 4.97. The number of hydrogen-bond donors (Lipinski definition) is 1. The first kappa shape index (κ1) is 9.94. The molecule has 0 saturated carbocycles. The van der Waals surface area contributed by atoms with E-state index in [0.29, 0.717) is 11.7 Å². The fraction of sp³-hybridized carbons (Fsp3) is 0.455. The summed E-state index contributed by atoms with van der Waals surface area (Å²) in [5.41, 5.74) is 1.47. The zero-order valence-corrected chi connectivity index (χ0v) is 8.77. The van der Waals surface area contributed by atoms with E-state index in [1.165, 1.54) is 0 Å². The molecule has 0 radical (unpaired) electrons. The molecule has 0 unspecified atom stereocenters. The van der Waals surface area contributed by atoms with Crippen molar-refractivity contribution in [2.24, 2.45) is 0 Å². The van der Waals surface area contributed by atoms with Crippen molar-refractivity contribution >= 4 is 5.69 Å². The molecule has 0 spiro atoms. The molecule has 2 rings (SSSR count). The van der Waals surface area contributed by atoms with Crippen molar-refractivity contribution in [3.63, 3.8) is 0 Å². The summed E-state index contributed by atoms with van der Waals surface area (Å²) >= 11 is 0. The van der Waals surface area contributed by atoms with Gasteiger partial charge in [-0.2, -0.15) is 5.26 Å². The lowest BCUT2D eigenvalue weighted by atomic mass is 10.2. The molecule has 4 heteroatoms. The van der Waals surface area contributed by atoms with Gasteiger partial charge < -0.3 is 10.2 Å². The zero-order valence-electron chi connectivity index (χ0n) is 8.77. The van der Waals surface area contributed by atoms with Crippen molar-refractivity contribution in [3.05, 3.63) is 24.0 Å². The molecule has 2 heterocycles. The second-order valence-electron chi connectivity index (χ2n) is 3.78. The van der Waals surface area contributed by atoms with Gasteiger partial charge >= 0.3 is 0 Å². The second kappa shape index (κ2) is 4.28. The maximum absolute atomic E-state index is 8.96. The van der Waals surface area contributed by atoms with Crippen molar-refractivity contribution in [2.45, 2.75) is 13.0 Å². The number of aromatic nitrogens is 1. The number of piperazine rings is 1. The average molecular weight is 202 g/mol. The molecule has 78 valence electrons. The summed E-state index contributed by atoms with van der Waals surface area (Å²) in [5.74, 6) is 0. The predicted octanol–water partition coefficient (Wildman–Crippen LogP) is 0.751. The van der Waals surface area contributed by atoms with Crippen molar-refractivity contribution in [1.82, 2.24) is 10.3 Å². The van der Waals surface area contributed by atoms with Crippen LogP contribution in [0.5, 0.6) is 0 Å². The third kappa shape index (κ3) is 2.08. The molecular weight excluding hydrogens is 188 g/mol. The maximum atomic E-state index is 8.96. The largest absolute Gasteiger partial charge is 0.366 e. The van der Waals surface area contributed by atoms with Crippen LogP contribution >= 0.6 is 0 Å². The van der Waals surface area contributed by atoms with Gasteiger partial charge in [0.05, 0.1) is 5.69 Å². The highest BCUT2D eigenvalue weighted by molar-refractivity contribution is 5.56. The third-order valence-electron chi connectivity index (χ3n) is 2.60. The molecule has 1 aromatic heterocycles. The average Bonchev–Trinajstić information content (AvgIpc) is 2.29. The molecule has 1 aliphatic heterocycles. The molecule has 1 atom stereocenters. The molecule has 1 fully saturated rings. The van der Waals surface area contributed by atoms with Crippen LogP contribution in [-0.4, -0.2) is 30.7 Å². The Morgan fingerprint density at radius 3 is 3.27 bits per heavy atom. The van der Waals surface area contributed by atoms with E-state index in [0.717, 1.165) is 25.3 Å². The lowest BCUT2D eigenvalue weighted by Crippen LogP contribution is -2.49. The van der Waals surface area contributed by atoms with Crippen LogP contribution in [0.1, 0.15) is 12.6 Å². The highest BCUT2D eigenvalue weighted by Gasteiger charge is 2.18. The Labute approximate surface area is 89.5 Å². The first-order chi connectivity index (χ1) is 7.31. The maximum Gasteiger partial charge on any atom is 0.163 e. The molecule has 1 aliphatic rings. The first-order valence-corrected chi connectivity index (χ1v) is 5.14. The minimum Gasteiger partial charge on any atom is -0.366 e. The van der Waals surface area contributed by atoms with Gasteiger partial charge in [-0.15, -0.1) is 0 Å². The lowest BCUT2D eigenvalue weighted by molar-refractivity contribution is 0.484. The Kier molecular flexibility index (Phi) is 2.84. The molecule has 1 saturated heterocycles. The van der Waals surface area contributed by atoms with Gasteiger partial charge in [0.1, 0.15) is 6.07 Å². The summed E-state index contributed by atoms with van der Waals surface area (Å²) in [5, 5.41) is 12.3. The molecule has 1 N–H and O–H groups in total. The number of anilines is 1. The van der Waals surface area contributed by atoms with Gasteiger partial charge in [0, 0.05) is 31.9 Å². The van der Waals surface area contributed by atoms with Crippen LogP contribution < -0.4 is 10.2 Å². The Morgan fingerprint density at radius 2 is 2.53 bits per heavy atom. The van der Waals surface area contributed by atoms with E-state index in [9.17, 15) is 0 Å². The Bertz CT molecular complexity index is 382. The molecule has 0 aromatic carbocycles. The highest BCUT2D eigenvalue weighted by atomic mass is 15.2. The lowest BCUT2D eigenvalue weighted by Gasteiger charge is -2.33. The monoisotopic (exact) mass is 202 g/mol. The number of nitrogens with one attached hydrogen (secondary N) is 1. The van der Waals surface area contributed by atoms with Gasteiger partial charge in [-0.25, -0.2) is 4.98 Å². The summed E-state index contributed by atoms with van der Waals surface area (Å²) in [7, 11) is 0. The van der Waals surface area contributed by atoms with Gasteiger partial charge in [-0.3, -0.25) is 0 Å². The van der Waals surface area contributed by atoms with Gasteiger partial charge in [-0.05, 0) is 19.1 Å². The number of rotatable bonds is 1. The molecule has 0 aliphatic carbocycles. The van der Waals surface area contributed by atoms with E-state index in [1.54, 1.807) is 6.20 Å². The minimum absolute atomic E-state index is 0.463. The van der Waals surface area contributed by atoms with Crippen LogP contribution in [-0.2, 0) is 0 Å². The van der Waals surface area contributed by atoms with Gasteiger partial charge in [0.25, 0.3) is 0 Å². The Balaban J connectivity index is 2.25. The number of nitrogens with zero attached hydrogens (tertiary/aromatic N) is 3. The van der Waals surface area contributed by atoms with E-state index < -0.39 is 0 Å². The van der Waals surface area contributed by atoms with E-state index in [2.05, 4.69) is 28.2 Å². The summed E-state index contributed by atoms with van der Waals surface area (Å²) in [6, 6.07) is 6.44. The number of hydrogen-bond acceptors (Lipinski definition) is 4. The highest BCUT2D eigenvalue weighted by Crippen LogP contribution is 2.18. The van der Waals surface area contributed by atoms with Crippen molar-refractivity contribution < 1.29 is 0 Å². The number of pyridine rings is 1. The van der Waals surface area contributed by atoms with E-state index in [1.807, 2.05) is 12.1 Å². The second-order valence-corrected chi connectivity index (χ2v) is 3.78. The molecule has 4 nitrogen and oxygen atoms in total. The third-order valence-corrected chi connectivity index (χ3v) is 2.60. The van der Waals surface area contributed by atoms with Gasteiger partial charge in [0.2, 0.25) is 0 Å². The SMILES string of the molecule is C[C@H]1CN(c2cccnc2C#N)CCN1. The first-order valence-electron chi connectivity index (χ1n) is 5.14.